The molecule has 0 radical (unpaired) electrons. The highest BCUT2D eigenvalue weighted by Gasteiger charge is 2.31. The van der Waals surface area contributed by atoms with Crippen LogP contribution < -0.4 is 21.9 Å². The number of carbonyl (C=O) groups is 1. The highest BCUT2D eigenvalue weighted by molar-refractivity contribution is 6.33. The average Bonchev–Trinajstić information content (AvgIpc) is 2.69. The molecule has 0 unspecified atom stereocenters. The summed E-state index contributed by atoms with van der Waals surface area (Å²) in [4.78, 5) is 27.3. The van der Waals surface area contributed by atoms with Crippen molar-refractivity contribution in [3.8, 4) is 0 Å². The summed E-state index contributed by atoms with van der Waals surface area (Å²) in [5.41, 5.74) is 9.95. The molecule has 0 aromatic carbocycles. The Morgan fingerprint density at radius 1 is 1.07 bits per heavy atom. The van der Waals surface area contributed by atoms with Crippen molar-refractivity contribution in [1.29, 1.82) is 0 Å². The Morgan fingerprint density at radius 2 is 1.83 bits per heavy atom. The molecule has 0 spiro atoms. The number of halogens is 4. The van der Waals surface area contributed by atoms with Gasteiger partial charge in [-0.1, -0.05) is 17.7 Å². The zero-order valence-corrected chi connectivity index (χ0v) is 15.1. The van der Waals surface area contributed by atoms with Gasteiger partial charge in [0.2, 0.25) is 0 Å². The number of nitrogens with zero attached hydrogens (tertiary/aromatic N) is 4. The van der Waals surface area contributed by atoms with Crippen LogP contribution in [0.15, 0.2) is 43.0 Å². The molecular weight excluding hydrogens is 413 g/mol. The normalized spacial score (nSPS) is 11.0. The molecule has 0 aliphatic carbocycles. The first kappa shape index (κ1) is 20.1. The Balaban J connectivity index is 1.74. The van der Waals surface area contributed by atoms with Crippen LogP contribution >= 0.6 is 11.6 Å². The van der Waals surface area contributed by atoms with E-state index in [2.05, 4.69) is 36.1 Å². The van der Waals surface area contributed by atoms with Gasteiger partial charge in [0.1, 0.15) is 23.5 Å². The third-order valence-corrected chi connectivity index (χ3v) is 3.77. The SMILES string of the molecule is Nc1c(NNC(=O)c2ccccn2)ncnc1Nc1ncc(C(F)(F)F)cc1Cl. The lowest BCUT2D eigenvalue weighted by Crippen LogP contribution is -2.31. The maximum absolute atomic E-state index is 12.7. The molecule has 150 valence electrons. The minimum absolute atomic E-state index is 0.0174. The maximum Gasteiger partial charge on any atom is 0.417 e. The van der Waals surface area contributed by atoms with Gasteiger partial charge in [-0.15, -0.1) is 0 Å². The first-order valence-electron chi connectivity index (χ1n) is 7.83. The van der Waals surface area contributed by atoms with E-state index in [1.807, 2.05) is 0 Å². The Kier molecular flexibility index (Phi) is 5.64. The van der Waals surface area contributed by atoms with Crippen LogP contribution in [0.2, 0.25) is 5.02 Å². The number of aromatic nitrogens is 4. The molecule has 3 rings (SSSR count). The van der Waals surface area contributed by atoms with Crippen LogP contribution in [0.25, 0.3) is 0 Å². The van der Waals surface area contributed by atoms with Crippen LogP contribution in [0.1, 0.15) is 16.1 Å². The van der Waals surface area contributed by atoms with Crippen LogP contribution in [-0.4, -0.2) is 25.8 Å². The van der Waals surface area contributed by atoms with Gasteiger partial charge in [0.15, 0.2) is 11.6 Å². The van der Waals surface area contributed by atoms with Crippen LogP contribution in [0.3, 0.4) is 0 Å². The monoisotopic (exact) mass is 424 g/mol. The topological polar surface area (TPSA) is 131 Å². The average molecular weight is 425 g/mol. The van der Waals surface area contributed by atoms with E-state index in [1.165, 1.54) is 12.3 Å². The number of anilines is 4. The predicted octanol–water partition coefficient (Wildman–Crippen LogP) is 3.02. The quantitative estimate of drug-likeness (QED) is 0.460. The highest BCUT2D eigenvalue weighted by Crippen LogP contribution is 2.34. The summed E-state index contributed by atoms with van der Waals surface area (Å²) in [5, 5.41) is 2.35. The molecule has 3 heterocycles. The largest absolute Gasteiger partial charge is 0.417 e. The molecule has 0 saturated carbocycles. The summed E-state index contributed by atoms with van der Waals surface area (Å²) in [6, 6.07) is 5.53. The number of nitrogens with two attached hydrogens (primary N) is 1. The molecule has 13 heteroatoms. The van der Waals surface area contributed by atoms with Crippen LogP contribution in [0.5, 0.6) is 0 Å². The molecule has 0 aliphatic heterocycles. The summed E-state index contributed by atoms with van der Waals surface area (Å²) in [6.45, 7) is 0. The molecule has 9 nitrogen and oxygen atoms in total. The molecule has 3 aromatic rings. The summed E-state index contributed by atoms with van der Waals surface area (Å²) in [7, 11) is 0. The predicted molar refractivity (Wildman–Crippen MR) is 99.3 cm³/mol. The smallest absolute Gasteiger partial charge is 0.393 e. The van der Waals surface area contributed by atoms with Crippen molar-refractivity contribution >= 4 is 40.6 Å². The Bertz CT molecular complexity index is 1030. The first-order valence-corrected chi connectivity index (χ1v) is 8.21. The molecule has 1 amide bonds. The second-order valence-corrected chi connectivity index (χ2v) is 5.86. The van der Waals surface area contributed by atoms with E-state index in [4.69, 9.17) is 17.3 Å². The fraction of sp³-hybridized carbons (Fsp3) is 0.0625. The van der Waals surface area contributed by atoms with Crippen molar-refractivity contribution in [3.63, 3.8) is 0 Å². The zero-order chi connectivity index (χ0) is 21.0. The van der Waals surface area contributed by atoms with Crippen LogP contribution in [-0.2, 0) is 6.18 Å². The summed E-state index contributed by atoms with van der Waals surface area (Å²) in [5.74, 6) is -0.572. The first-order chi connectivity index (χ1) is 13.8. The van der Waals surface area contributed by atoms with Gasteiger partial charge in [0.05, 0.1) is 10.6 Å². The molecule has 3 aromatic heterocycles. The molecule has 0 fully saturated rings. The number of nitrogen functional groups attached to an aromatic ring is 1. The molecule has 29 heavy (non-hydrogen) atoms. The third kappa shape index (κ3) is 4.79. The van der Waals surface area contributed by atoms with E-state index in [1.54, 1.807) is 12.1 Å². The Morgan fingerprint density at radius 3 is 2.48 bits per heavy atom. The number of carbonyl (C=O) groups excluding carboxylic acids is 1. The van der Waals surface area contributed by atoms with Crippen molar-refractivity contribution < 1.29 is 18.0 Å². The number of alkyl halides is 3. The van der Waals surface area contributed by atoms with Crippen molar-refractivity contribution in [2.75, 3.05) is 16.5 Å². The second-order valence-electron chi connectivity index (χ2n) is 5.46. The van der Waals surface area contributed by atoms with E-state index >= 15 is 0 Å². The molecule has 0 bridgehead atoms. The summed E-state index contributed by atoms with van der Waals surface area (Å²) in [6.07, 6.45) is -1.38. The van der Waals surface area contributed by atoms with Crippen molar-refractivity contribution in [3.05, 3.63) is 59.3 Å². The third-order valence-electron chi connectivity index (χ3n) is 3.48. The number of pyridine rings is 2. The Labute approximate surface area is 166 Å². The molecule has 0 saturated heterocycles. The number of nitrogens with one attached hydrogen (secondary N) is 3. The van der Waals surface area contributed by atoms with E-state index in [0.717, 1.165) is 12.4 Å². The van der Waals surface area contributed by atoms with Gasteiger partial charge in [-0.2, -0.15) is 13.2 Å². The lowest BCUT2D eigenvalue weighted by Gasteiger charge is -2.14. The number of hydrazine groups is 1. The molecule has 5 N–H and O–H groups in total. The van der Waals surface area contributed by atoms with Gasteiger partial charge in [-0.3, -0.25) is 20.6 Å². The summed E-state index contributed by atoms with van der Waals surface area (Å²) >= 11 is 5.86. The van der Waals surface area contributed by atoms with E-state index in [0.29, 0.717) is 6.20 Å². The number of hydrogen-bond acceptors (Lipinski definition) is 8. The minimum atomic E-state index is -4.58. The van der Waals surface area contributed by atoms with Crippen molar-refractivity contribution in [1.82, 2.24) is 25.4 Å². The fourth-order valence-electron chi connectivity index (χ4n) is 2.07. The molecular formula is C16H12ClF3N8O. The Hall–Kier alpha value is -3.67. The lowest BCUT2D eigenvalue weighted by atomic mass is 10.3. The van der Waals surface area contributed by atoms with E-state index in [9.17, 15) is 18.0 Å². The van der Waals surface area contributed by atoms with Crippen molar-refractivity contribution in [2.24, 2.45) is 0 Å². The fourth-order valence-corrected chi connectivity index (χ4v) is 2.28. The zero-order valence-electron chi connectivity index (χ0n) is 14.3. The molecule has 0 atom stereocenters. The van der Waals surface area contributed by atoms with Gasteiger partial charge in [-0.25, -0.2) is 15.0 Å². The van der Waals surface area contributed by atoms with Crippen molar-refractivity contribution in [2.45, 2.75) is 6.18 Å². The standard InChI is InChI=1S/C16H12ClF3N8O/c17-9-5-8(16(18,19)20)6-23-12(9)26-13-11(21)14(25-7-24-13)27-28-15(29)10-3-1-2-4-22-10/h1-7H,21H2,(H,28,29)(H2,23,24,25,26,27). The van der Waals surface area contributed by atoms with Gasteiger partial charge >= 0.3 is 6.18 Å². The number of hydrogen-bond donors (Lipinski definition) is 4. The van der Waals surface area contributed by atoms with Gasteiger partial charge in [0.25, 0.3) is 5.91 Å². The highest BCUT2D eigenvalue weighted by atomic mass is 35.5. The van der Waals surface area contributed by atoms with E-state index in [-0.39, 0.29) is 33.9 Å². The van der Waals surface area contributed by atoms with Gasteiger partial charge in [-0.05, 0) is 18.2 Å². The second kappa shape index (κ2) is 8.14. The number of amides is 1. The number of rotatable bonds is 5. The van der Waals surface area contributed by atoms with Crippen LogP contribution in [0, 0.1) is 0 Å². The summed E-state index contributed by atoms with van der Waals surface area (Å²) < 4.78 is 38.1. The van der Waals surface area contributed by atoms with Gasteiger partial charge < -0.3 is 11.1 Å². The maximum atomic E-state index is 12.7. The van der Waals surface area contributed by atoms with Gasteiger partial charge in [0, 0.05) is 12.4 Å². The lowest BCUT2D eigenvalue weighted by molar-refractivity contribution is -0.137. The minimum Gasteiger partial charge on any atom is -0.393 e. The van der Waals surface area contributed by atoms with E-state index < -0.39 is 17.6 Å². The molecule has 0 aliphatic rings. The van der Waals surface area contributed by atoms with Crippen LogP contribution in [0.4, 0.5) is 36.3 Å².